The minimum atomic E-state index is -4.21. The SMILES string of the molecule is O=c1cc[nH]c2c1[C@H](CC(F)(F)F)CCC2. The fourth-order valence-corrected chi connectivity index (χ4v) is 2.34. The summed E-state index contributed by atoms with van der Waals surface area (Å²) in [5.41, 5.74) is 0.738. The number of fused-ring (bicyclic) bond motifs is 1. The lowest BCUT2D eigenvalue weighted by molar-refractivity contribution is -0.139. The Hall–Kier alpha value is -1.26. The second-order valence-electron chi connectivity index (χ2n) is 4.14. The topological polar surface area (TPSA) is 32.9 Å². The standard InChI is InChI=1S/C11H12F3NO/c12-11(13,14)6-7-2-1-3-8-10(7)9(16)4-5-15-8/h4-5,7H,1-3,6H2,(H,15,16)/t7-/m0/s1. The normalized spacial score (nSPS) is 20.6. The molecule has 1 aromatic rings. The number of halogens is 3. The maximum absolute atomic E-state index is 12.4. The van der Waals surface area contributed by atoms with Gasteiger partial charge in [-0.25, -0.2) is 0 Å². The second kappa shape index (κ2) is 3.96. The number of nitrogens with one attached hydrogen (secondary N) is 1. The van der Waals surface area contributed by atoms with E-state index in [0.29, 0.717) is 30.5 Å². The Morgan fingerprint density at radius 3 is 2.88 bits per heavy atom. The maximum Gasteiger partial charge on any atom is 0.389 e. The minimum absolute atomic E-state index is 0.275. The van der Waals surface area contributed by atoms with Crippen LogP contribution in [0.5, 0.6) is 0 Å². The van der Waals surface area contributed by atoms with E-state index in [4.69, 9.17) is 0 Å². The Morgan fingerprint density at radius 1 is 1.44 bits per heavy atom. The van der Waals surface area contributed by atoms with Gasteiger partial charge in [0.1, 0.15) is 0 Å². The molecule has 0 saturated heterocycles. The Labute approximate surface area is 90.5 Å². The molecule has 1 N–H and O–H groups in total. The number of pyridine rings is 1. The fraction of sp³-hybridized carbons (Fsp3) is 0.545. The first-order valence-electron chi connectivity index (χ1n) is 5.24. The van der Waals surface area contributed by atoms with Gasteiger partial charge in [-0.1, -0.05) is 0 Å². The van der Waals surface area contributed by atoms with Crippen molar-refractivity contribution in [3.8, 4) is 0 Å². The first-order chi connectivity index (χ1) is 7.47. The average Bonchev–Trinajstić information content (AvgIpc) is 2.15. The number of alkyl halides is 3. The van der Waals surface area contributed by atoms with E-state index in [2.05, 4.69) is 4.98 Å². The highest BCUT2D eigenvalue weighted by Gasteiger charge is 2.35. The number of aromatic nitrogens is 1. The predicted octanol–water partition coefficient (Wildman–Crippen LogP) is 2.75. The molecule has 1 aromatic heterocycles. The molecule has 1 heterocycles. The van der Waals surface area contributed by atoms with Crippen LogP contribution in [0.4, 0.5) is 13.2 Å². The van der Waals surface area contributed by atoms with Crippen LogP contribution in [0, 0.1) is 0 Å². The third-order valence-corrected chi connectivity index (χ3v) is 2.95. The van der Waals surface area contributed by atoms with Crippen LogP contribution in [0.25, 0.3) is 0 Å². The van der Waals surface area contributed by atoms with E-state index in [0.717, 1.165) is 0 Å². The van der Waals surface area contributed by atoms with Crippen molar-refractivity contribution in [3.05, 3.63) is 33.7 Å². The van der Waals surface area contributed by atoms with E-state index in [1.54, 1.807) is 0 Å². The average molecular weight is 231 g/mol. The second-order valence-corrected chi connectivity index (χ2v) is 4.14. The van der Waals surface area contributed by atoms with Gasteiger partial charge < -0.3 is 4.98 Å². The van der Waals surface area contributed by atoms with Crippen molar-refractivity contribution in [2.24, 2.45) is 0 Å². The minimum Gasteiger partial charge on any atom is -0.365 e. The zero-order valence-electron chi connectivity index (χ0n) is 8.60. The molecule has 88 valence electrons. The number of rotatable bonds is 1. The molecule has 1 aliphatic carbocycles. The molecule has 0 spiro atoms. The molecule has 16 heavy (non-hydrogen) atoms. The molecular weight excluding hydrogens is 219 g/mol. The van der Waals surface area contributed by atoms with Crippen molar-refractivity contribution in [1.82, 2.24) is 4.98 Å². The molecule has 2 nitrogen and oxygen atoms in total. The Bertz CT molecular complexity index is 436. The van der Waals surface area contributed by atoms with Gasteiger partial charge in [0.05, 0.1) is 6.42 Å². The summed E-state index contributed by atoms with van der Waals surface area (Å²) >= 11 is 0. The van der Waals surface area contributed by atoms with Crippen molar-refractivity contribution in [3.63, 3.8) is 0 Å². The summed E-state index contributed by atoms with van der Waals surface area (Å²) in [4.78, 5) is 14.5. The predicted molar refractivity (Wildman–Crippen MR) is 53.4 cm³/mol. The molecule has 0 unspecified atom stereocenters. The van der Waals surface area contributed by atoms with Gasteiger partial charge in [-0.05, 0) is 25.2 Å². The Kier molecular flexibility index (Phi) is 2.78. The van der Waals surface area contributed by atoms with Crippen LogP contribution in [0.3, 0.4) is 0 Å². The number of hydrogen-bond donors (Lipinski definition) is 1. The van der Waals surface area contributed by atoms with Crippen LogP contribution in [0.15, 0.2) is 17.1 Å². The Balaban J connectivity index is 2.36. The van der Waals surface area contributed by atoms with Crippen molar-refractivity contribution in [2.45, 2.75) is 37.8 Å². The first-order valence-corrected chi connectivity index (χ1v) is 5.24. The molecule has 0 aromatic carbocycles. The lowest BCUT2D eigenvalue weighted by atomic mass is 9.83. The van der Waals surface area contributed by atoms with E-state index in [9.17, 15) is 18.0 Å². The Morgan fingerprint density at radius 2 is 2.19 bits per heavy atom. The van der Waals surface area contributed by atoms with Crippen LogP contribution in [0.2, 0.25) is 0 Å². The molecule has 1 aliphatic rings. The number of aromatic amines is 1. The smallest absolute Gasteiger partial charge is 0.365 e. The molecule has 0 fully saturated rings. The molecule has 0 amide bonds. The molecule has 0 saturated carbocycles. The summed E-state index contributed by atoms with van der Waals surface area (Å²) in [6.07, 6.45) is -1.79. The van der Waals surface area contributed by atoms with Gasteiger partial charge in [0.15, 0.2) is 5.43 Å². The highest BCUT2D eigenvalue weighted by Crippen LogP contribution is 2.36. The zero-order valence-corrected chi connectivity index (χ0v) is 8.60. The van der Waals surface area contributed by atoms with Crippen molar-refractivity contribution < 1.29 is 13.2 Å². The zero-order chi connectivity index (χ0) is 11.8. The molecule has 2 rings (SSSR count). The van der Waals surface area contributed by atoms with E-state index in [1.807, 2.05) is 0 Å². The van der Waals surface area contributed by atoms with Gasteiger partial charge in [0.25, 0.3) is 0 Å². The van der Waals surface area contributed by atoms with Gasteiger partial charge in [0.2, 0.25) is 0 Å². The monoisotopic (exact) mass is 231 g/mol. The number of hydrogen-bond acceptors (Lipinski definition) is 1. The fourth-order valence-electron chi connectivity index (χ4n) is 2.34. The molecule has 0 radical (unpaired) electrons. The van der Waals surface area contributed by atoms with Crippen LogP contribution in [-0.2, 0) is 6.42 Å². The largest absolute Gasteiger partial charge is 0.389 e. The summed E-state index contributed by atoms with van der Waals surface area (Å²) in [6, 6.07) is 1.30. The van der Waals surface area contributed by atoms with Gasteiger partial charge in [-0.2, -0.15) is 13.2 Å². The lowest BCUT2D eigenvalue weighted by Gasteiger charge is -2.25. The third kappa shape index (κ3) is 2.28. The lowest BCUT2D eigenvalue weighted by Crippen LogP contribution is -2.25. The molecular formula is C11H12F3NO. The van der Waals surface area contributed by atoms with Crippen LogP contribution in [0.1, 0.15) is 36.4 Å². The van der Waals surface area contributed by atoms with Gasteiger partial charge in [0, 0.05) is 23.5 Å². The van der Waals surface area contributed by atoms with E-state index >= 15 is 0 Å². The van der Waals surface area contributed by atoms with Crippen molar-refractivity contribution in [1.29, 1.82) is 0 Å². The quantitative estimate of drug-likeness (QED) is 0.792. The summed E-state index contributed by atoms with van der Waals surface area (Å²) in [5.74, 6) is -0.673. The highest BCUT2D eigenvalue weighted by atomic mass is 19.4. The molecule has 0 aliphatic heterocycles. The first kappa shape index (κ1) is 11.2. The summed E-state index contributed by atoms with van der Waals surface area (Å²) in [7, 11) is 0. The van der Waals surface area contributed by atoms with Crippen LogP contribution < -0.4 is 5.43 Å². The van der Waals surface area contributed by atoms with Crippen molar-refractivity contribution in [2.75, 3.05) is 0 Å². The summed E-state index contributed by atoms with van der Waals surface area (Å²) < 4.78 is 37.1. The highest BCUT2D eigenvalue weighted by molar-refractivity contribution is 5.27. The van der Waals surface area contributed by atoms with E-state index < -0.39 is 18.5 Å². The van der Waals surface area contributed by atoms with Crippen LogP contribution in [-0.4, -0.2) is 11.2 Å². The maximum atomic E-state index is 12.4. The van der Waals surface area contributed by atoms with Crippen LogP contribution >= 0.6 is 0 Å². The van der Waals surface area contributed by atoms with Gasteiger partial charge >= 0.3 is 6.18 Å². The molecule has 5 heteroatoms. The molecule has 0 bridgehead atoms. The van der Waals surface area contributed by atoms with Gasteiger partial charge in [-0.3, -0.25) is 4.79 Å². The van der Waals surface area contributed by atoms with E-state index in [1.165, 1.54) is 12.3 Å². The van der Waals surface area contributed by atoms with Gasteiger partial charge in [-0.15, -0.1) is 0 Å². The third-order valence-electron chi connectivity index (χ3n) is 2.95. The molecule has 1 atom stereocenters. The number of H-pyrrole nitrogens is 1. The van der Waals surface area contributed by atoms with Crippen molar-refractivity contribution >= 4 is 0 Å². The summed E-state index contributed by atoms with van der Waals surface area (Å²) in [5, 5.41) is 0. The van der Waals surface area contributed by atoms with E-state index in [-0.39, 0.29) is 5.43 Å². The number of aryl methyl sites for hydroxylation is 1. The summed E-state index contributed by atoms with van der Waals surface area (Å²) in [6.45, 7) is 0.